The molecule has 0 saturated carbocycles. The average Bonchev–Trinajstić information content (AvgIpc) is 3.42. The highest BCUT2D eigenvalue weighted by Crippen LogP contribution is 2.24. The number of carbonyl (C=O) groups excluding carboxylic acids is 1. The van der Waals surface area contributed by atoms with Crippen LogP contribution in [-0.4, -0.2) is 82.6 Å². The summed E-state index contributed by atoms with van der Waals surface area (Å²) in [6.45, 7) is 6.01. The molecule has 1 aliphatic rings. The van der Waals surface area contributed by atoms with Crippen LogP contribution in [-0.2, 0) is 6.54 Å². The van der Waals surface area contributed by atoms with E-state index in [2.05, 4.69) is 44.3 Å². The molecule has 1 amide bonds. The fraction of sp³-hybridized carbons (Fsp3) is 0.406. The number of benzene rings is 2. The van der Waals surface area contributed by atoms with Gasteiger partial charge in [0.2, 0.25) is 0 Å². The zero-order valence-electron chi connectivity index (χ0n) is 24.4. The highest BCUT2D eigenvalue weighted by atomic mass is 16.2. The van der Waals surface area contributed by atoms with Gasteiger partial charge < -0.3 is 26.7 Å². The Morgan fingerprint density at radius 2 is 1.69 bits per heavy atom. The standard InChI is InChI=1S/C32H42N8O2/c1-38-18-12-27(13-19-38)35-31(41)25-8-6-24(7-9-25)29-20-26-22-40(32(42)37-30(26)36-29)28-10-4-23(5-11-28)21-39(16-2-14-33)17-3-15-34/h4-11,20,22,27H,2-3,12-19,21,33-34H2,1H3,(H,35,41)(H,36,37,42). The summed E-state index contributed by atoms with van der Waals surface area (Å²) in [5, 5.41) is 3.99. The van der Waals surface area contributed by atoms with E-state index in [1.165, 1.54) is 5.56 Å². The third kappa shape index (κ3) is 7.32. The van der Waals surface area contributed by atoms with E-state index in [4.69, 9.17) is 11.5 Å². The van der Waals surface area contributed by atoms with Crippen molar-refractivity contribution in [3.05, 3.63) is 82.4 Å². The second kappa shape index (κ2) is 13.9. The van der Waals surface area contributed by atoms with Gasteiger partial charge in [0.15, 0.2) is 0 Å². The molecule has 0 atom stereocenters. The van der Waals surface area contributed by atoms with Gasteiger partial charge in [-0.3, -0.25) is 14.3 Å². The van der Waals surface area contributed by atoms with Crippen molar-refractivity contribution >= 4 is 16.9 Å². The number of carbonyl (C=O) groups is 1. The summed E-state index contributed by atoms with van der Waals surface area (Å²) in [6, 6.07) is 17.7. The molecule has 222 valence electrons. The first-order chi connectivity index (χ1) is 20.4. The Balaban J connectivity index is 1.28. The lowest BCUT2D eigenvalue weighted by Gasteiger charge is -2.29. The van der Waals surface area contributed by atoms with E-state index in [1.807, 2.05) is 48.7 Å². The van der Waals surface area contributed by atoms with E-state index in [-0.39, 0.29) is 17.6 Å². The van der Waals surface area contributed by atoms with E-state index in [9.17, 15) is 9.59 Å². The molecule has 0 bridgehead atoms. The minimum atomic E-state index is -0.350. The molecule has 5 rings (SSSR count). The quantitative estimate of drug-likeness (QED) is 0.205. The molecule has 0 unspecified atom stereocenters. The summed E-state index contributed by atoms with van der Waals surface area (Å²) in [6.07, 6.45) is 5.65. The topological polar surface area (TPSA) is 138 Å². The zero-order valence-corrected chi connectivity index (χ0v) is 24.4. The van der Waals surface area contributed by atoms with Crippen molar-refractivity contribution in [2.24, 2.45) is 11.5 Å². The second-order valence-electron chi connectivity index (χ2n) is 11.2. The van der Waals surface area contributed by atoms with Crippen LogP contribution in [0.2, 0.25) is 0 Å². The van der Waals surface area contributed by atoms with Crippen molar-refractivity contribution in [3.8, 4) is 16.9 Å². The third-order valence-electron chi connectivity index (χ3n) is 8.00. The molecule has 4 aromatic rings. The largest absolute Gasteiger partial charge is 0.354 e. The number of amides is 1. The summed E-state index contributed by atoms with van der Waals surface area (Å²) in [4.78, 5) is 37.9. The number of piperidine rings is 1. The molecule has 0 aliphatic carbocycles. The van der Waals surface area contributed by atoms with E-state index < -0.39 is 0 Å². The molecular weight excluding hydrogens is 528 g/mol. The van der Waals surface area contributed by atoms with Crippen LogP contribution in [0.15, 0.2) is 65.6 Å². The van der Waals surface area contributed by atoms with E-state index in [1.54, 1.807) is 4.57 Å². The van der Waals surface area contributed by atoms with Crippen LogP contribution in [0.4, 0.5) is 0 Å². The number of H-pyrrole nitrogens is 1. The number of aromatic nitrogens is 3. The maximum atomic E-state index is 12.9. The number of fused-ring (bicyclic) bond motifs is 1. The zero-order chi connectivity index (χ0) is 29.5. The molecule has 1 aliphatic heterocycles. The fourth-order valence-electron chi connectivity index (χ4n) is 5.48. The maximum absolute atomic E-state index is 12.9. The third-order valence-corrected chi connectivity index (χ3v) is 8.00. The number of aromatic amines is 1. The van der Waals surface area contributed by atoms with Crippen LogP contribution in [0.3, 0.4) is 0 Å². The van der Waals surface area contributed by atoms with Gasteiger partial charge in [0, 0.05) is 35.4 Å². The van der Waals surface area contributed by atoms with Crippen LogP contribution in [0.1, 0.15) is 41.6 Å². The molecule has 3 heterocycles. The van der Waals surface area contributed by atoms with Gasteiger partial charge in [-0.05, 0) is 113 Å². The van der Waals surface area contributed by atoms with Crippen molar-refractivity contribution in [2.75, 3.05) is 46.3 Å². The molecule has 2 aromatic heterocycles. The monoisotopic (exact) mass is 570 g/mol. The molecule has 1 fully saturated rings. The molecule has 6 N–H and O–H groups in total. The SMILES string of the molecule is CN1CCC(NC(=O)c2ccc(-c3cc4cn(-c5ccc(CN(CCCN)CCCN)cc5)c(=O)nc4[nH]3)cc2)CC1. The van der Waals surface area contributed by atoms with Gasteiger partial charge in [-0.1, -0.05) is 24.3 Å². The molecule has 10 nitrogen and oxygen atoms in total. The lowest BCUT2D eigenvalue weighted by atomic mass is 10.0. The molecule has 0 radical (unpaired) electrons. The molecule has 42 heavy (non-hydrogen) atoms. The van der Waals surface area contributed by atoms with Gasteiger partial charge in [0.1, 0.15) is 5.65 Å². The predicted octanol–water partition coefficient (Wildman–Crippen LogP) is 2.70. The Hall–Kier alpha value is -3.83. The van der Waals surface area contributed by atoms with Crippen molar-refractivity contribution in [1.29, 1.82) is 0 Å². The number of likely N-dealkylation sites (tertiary alicyclic amines) is 1. The number of hydrogen-bond donors (Lipinski definition) is 4. The van der Waals surface area contributed by atoms with Gasteiger partial charge in [-0.25, -0.2) is 4.79 Å². The molecular formula is C32H42N8O2. The van der Waals surface area contributed by atoms with Gasteiger partial charge in [0.25, 0.3) is 5.91 Å². The number of rotatable bonds is 12. The molecule has 10 heteroatoms. The number of nitrogens with one attached hydrogen (secondary N) is 2. The first-order valence-corrected chi connectivity index (χ1v) is 14.9. The Morgan fingerprint density at radius 3 is 2.33 bits per heavy atom. The van der Waals surface area contributed by atoms with Crippen molar-refractivity contribution < 1.29 is 4.79 Å². The highest BCUT2D eigenvalue weighted by Gasteiger charge is 2.19. The summed E-state index contributed by atoms with van der Waals surface area (Å²) >= 11 is 0. The van der Waals surface area contributed by atoms with E-state index in [0.29, 0.717) is 24.3 Å². The summed E-state index contributed by atoms with van der Waals surface area (Å²) in [5.74, 6) is -0.0451. The normalized spacial score (nSPS) is 14.6. The Kier molecular flexibility index (Phi) is 9.81. The highest BCUT2D eigenvalue weighted by molar-refractivity contribution is 5.95. The smallest absolute Gasteiger partial charge is 0.349 e. The number of nitrogens with zero attached hydrogens (tertiary/aromatic N) is 4. The van der Waals surface area contributed by atoms with Crippen LogP contribution in [0, 0.1) is 0 Å². The van der Waals surface area contributed by atoms with Crippen molar-refractivity contribution in [1.82, 2.24) is 29.7 Å². The minimum Gasteiger partial charge on any atom is -0.349 e. The first-order valence-electron chi connectivity index (χ1n) is 14.9. The van der Waals surface area contributed by atoms with Crippen LogP contribution in [0.5, 0.6) is 0 Å². The van der Waals surface area contributed by atoms with Crippen molar-refractivity contribution in [2.45, 2.75) is 38.3 Å². The number of hydrogen-bond acceptors (Lipinski definition) is 7. The lowest BCUT2D eigenvalue weighted by Crippen LogP contribution is -2.43. The van der Waals surface area contributed by atoms with Crippen LogP contribution < -0.4 is 22.5 Å². The van der Waals surface area contributed by atoms with E-state index >= 15 is 0 Å². The van der Waals surface area contributed by atoms with Crippen LogP contribution in [0.25, 0.3) is 28.0 Å². The molecule has 0 spiro atoms. The van der Waals surface area contributed by atoms with Crippen LogP contribution >= 0.6 is 0 Å². The lowest BCUT2D eigenvalue weighted by molar-refractivity contribution is 0.0917. The van der Waals surface area contributed by atoms with Crippen molar-refractivity contribution in [3.63, 3.8) is 0 Å². The Morgan fingerprint density at radius 1 is 1.02 bits per heavy atom. The summed E-state index contributed by atoms with van der Waals surface area (Å²) < 4.78 is 1.57. The number of nitrogens with two attached hydrogens (primary N) is 2. The van der Waals surface area contributed by atoms with Gasteiger partial charge in [0.05, 0.1) is 5.69 Å². The summed E-state index contributed by atoms with van der Waals surface area (Å²) in [5.41, 5.74) is 15.9. The fourth-order valence-corrected chi connectivity index (χ4v) is 5.48. The van der Waals surface area contributed by atoms with Gasteiger partial charge in [-0.15, -0.1) is 0 Å². The molecule has 2 aromatic carbocycles. The van der Waals surface area contributed by atoms with Gasteiger partial charge >= 0.3 is 5.69 Å². The molecule has 1 saturated heterocycles. The Bertz CT molecular complexity index is 1510. The predicted molar refractivity (Wildman–Crippen MR) is 168 cm³/mol. The first kappa shape index (κ1) is 29.7. The van der Waals surface area contributed by atoms with E-state index in [0.717, 1.165) is 80.7 Å². The Labute approximate surface area is 246 Å². The average molecular weight is 571 g/mol. The summed E-state index contributed by atoms with van der Waals surface area (Å²) in [7, 11) is 2.11. The maximum Gasteiger partial charge on any atom is 0.354 e. The minimum absolute atomic E-state index is 0.0451. The second-order valence-corrected chi connectivity index (χ2v) is 11.2. The van der Waals surface area contributed by atoms with Gasteiger partial charge in [-0.2, -0.15) is 4.98 Å².